The number of hydrogen-bond acceptors (Lipinski definition) is 7. The molecular formula is C18H15FN2O7. The lowest BCUT2D eigenvalue weighted by Gasteiger charge is -2.08. The van der Waals surface area contributed by atoms with Gasteiger partial charge in [0.05, 0.1) is 23.2 Å². The molecule has 0 fully saturated rings. The van der Waals surface area contributed by atoms with Gasteiger partial charge in [0.25, 0.3) is 11.6 Å². The van der Waals surface area contributed by atoms with Gasteiger partial charge in [0.1, 0.15) is 5.82 Å². The Morgan fingerprint density at radius 1 is 1.11 bits per heavy atom. The minimum absolute atomic E-state index is 0.174. The summed E-state index contributed by atoms with van der Waals surface area (Å²) in [5.74, 6) is -3.19. The van der Waals surface area contributed by atoms with Crippen LogP contribution in [0.4, 0.5) is 15.8 Å². The maximum absolute atomic E-state index is 13.5. The fourth-order valence-corrected chi connectivity index (χ4v) is 2.15. The Morgan fingerprint density at radius 2 is 1.75 bits per heavy atom. The number of carbonyl (C=O) groups is 3. The van der Waals surface area contributed by atoms with Crippen molar-refractivity contribution in [3.63, 3.8) is 0 Å². The molecule has 0 aliphatic carbocycles. The third kappa shape index (κ3) is 5.10. The molecule has 0 spiro atoms. The minimum atomic E-state index is -1.06. The summed E-state index contributed by atoms with van der Waals surface area (Å²) in [6, 6.07) is 6.95. The van der Waals surface area contributed by atoms with Gasteiger partial charge in [-0.1, -0.05) is 6.07 Å². The number of amides is 1. The molecule has 10 heteroatoms. The quantitative estimate of drug-likeness (QED) is 0.457. The zero-order valence-corrected chi connectivity index (χ0v) is 14.9. The summed E-state index contributed by atoms with van der Waals surface area (Å²) in [7, 11) is 1.08. The number of nitrogens with zero attached hydrogens (tertiary/aromatic N) is 1. The normalized spacial score (nSPS) is 10.1. The van der Waals surface area contributed by atoms with Crippen molar-refractivity contribution >= 4 is 29.2 Å². The first kappa shape index (κ1) is 20.5. The molecule has 0 aromatic heterocycles. The second kappa shape index (κ2) is 8.71. The lowest BCUT2D eigenvalue weighted by molar-refractivity contribution is -0.384. The summed E-state index contributed by atoms with van der Waals surface area (Å²) >= 11 is 0. The van der Waals surface area contributed by atoms with Crippen LogP contribution in [0.3, 0.4) is 0 Å². The van der Waals surface area contributed by atoms with E-state index in [0.29, 0.717) is 5.56 Å². The van der Waals surface area contributed by atoms with Gasteiger partial charge >= 0.3 is 11.9 Å². The standard InChI is InChI=1S/C18H15FN2O7/c1-10-3-4-13(8-15(10)19)20-16(22)9-28-18(24)12-5-11(17(23)27-2)6-14(7-12)21(25)26/h3-8H,9H2,1-2H3,(H,20,22). The van der Waals surface area contributed by atoms with Crippen molar-refractivity contribution in [1.82, 2.24) is 0 Å². The van der Waals surface area contributed by atoms with Crippen molar-refractivity contribution < 1.29 is 33.2 Å². The van der Waals surface area contributed by atoms with Gasteiger partial charge in [-0.25, -0.2) is 14.0 Å². The van der Waals surface area contributed by atoms with Gasteiger partial charge in [-0.2, -0.15) is 0 Å². The van der Waals surface area contributed by atoms with E-state index in [9.17, 15) is 28.9 Å². The third-order valence-electron chi connectivity index (χ3n) is 3.58. The largest absolute Gasteiger partial charge is 0.465 e. The van der Waals surface area contributed by atoms with Gasteiger partial charge in [-0.05, 0) is 30.7 Å². The Balaban J connectivity index is 2.08. The predicted molar refractivity (Wildman–Crippen MR) is 94.5 cm³/mol. The number of nitrogens with one attached hydrogen (secondary N) is 1. The molecular weight excluding hydrogens is 375 g/mol. The average molecular weight is 390 g/mol. The Bertz CT molecular complexity index is 959. The molecule has 2 aromatic carbocycles. The zero-order valence-electron chi connectivity index (χ0n) is 14.9. The van der Waals surface area contributed by atoms with E-state index >= 15 is 0 Å². The van der Waals surface area contributed by atoms with Crippen LogP contribution in [0.5, 0.6) is 0 Å². The van der Waals surface area contributed by atoms with Gasteiger partial charge in [0.15, 0.2) is 6.61 Å². The number of benzene rings is 2. The number of rotatable bonds is 6. The Kier molecular flexibility index (Phi) is 6.38. The van der Waals surface area contributed by atoms with Crippen molar-refractivity contribution in [2.45, 2.75) is 6.92 Å². The second-order valence-corrected chi connectivity index (χ2v) is 5.61. The molecule has 1 amide bonds. The van der Waals surface area contributed by atoms with E-state index in [0.717, 1.165) is 31.4 Å². The average Bonchev–Trinajstić information content (AvgIpc) is 2.67. The van der Waals surface area contributed by atoms with Crippen LogP contribution in [0.25, 0.3) is 0 Å². The first-order valence-corrected chi connectivity index (χ1v) is 7.82. The van der Waals surface area contributed by atoms with Crippen molar-refractivity contribution in [3.05, 3.63) is 69.0 Å². The molecule has 2 aromatic rings. The van der Waals surface area contributed by atoms with E-state index < -0.39 is 40.9 Å². The second-order valence-electron chi connectivity index (χ2n) is 5.61. The first-order valence-electron chi connectivity index (χ1n) is 7.82. The minimum Gasteiger partial charge on any atom is -0.465 e. The van der Waals surface area contributed by atoms with E-state index in [1.54, 1.807) is 6.92 Å². The summed E-state index contributed by atoms with van der Waals surface area (Å²) in [6.45, 7) is 0.842. The Labute approximate surface area is 158 Å². The number of hydrogen-bond donors (Lipinski definition) is 1. The molecule has 2 rings (SSSR count). The van der Waals surface area contributed by atoms with Crippen LogP contribution < -0.4 is 5.32 Å². The highest BCUT2D eigenvalue weighted by atomic mass is 19.1. The summed E-state index contributed by atoms with van der Waals surface area (Å²) in [5.41, 5.74) is -0.467. The summed E-state index contributed by atoms with van der Waals surface area (Å²) in [4.78, 5) is 45.7. The van der Waals surface area contributed by atoms with Crippen LogP contribution in [0.1, 0.15) is 26.3 Å². The summed E-state index contributed by atoms with van der Waals surface area (Å²) < 4.78 is 22.8. The fraction of sp³-hybridized carbons (Fsp3) is 0.167. The smallest absolute Gasteiger partial charge is 0.338 e. The van der Waals surface area contributed by atoms with E-state index in [4.69, 9.17) is 4.74 Å². The zero-order chi connectivity index (χ0) is 20.8. The molecule has 0 aliphatic rings. The van der Waals surface area contributed by atoms with Crippen molar-refractivity contribution in [2.24, 2.45) is 0 Å². The van der Waals surface area contributed by atoms with E-state index in [1.165, 1.54) is 12.1 Å². The van der Waals surface area contributed by atoms with Gasteiger partial charge in [0, 0.05) is 17.8 Å². The highest BCUT2D eigenvalue weighted by Gasteiger charge is 2.20. The number of halogens is 1. The molecule has 0 heterocycles. The molecule has 0 saturated carbocycles. The van der Waals surface area contributed by atoms with Crippen molar-refractivity contribution in [1.29, 1.82) is 0 Å². The van der Waals surface area contributed by atoms with Crippen LogP contribution in [0, 0.1) is 22.9 Å². The maximum atomic E-state index is 13.5. The molecule has 28 heavy (non-hydrogen) atoms. The molecule has 0 unspecified atom stereocenters. The molecule has 0 aliphatic heterocycles. The number of aryl methyl sites for hydroxylation is 1. The Hall–Kier alpha value is -3.82. The van der Waals surface area contributed by atoms with Gasteiger partial charge in [0.2, 0.25) is 0 Å². The Morgan fingerprint density at radius 3 is 2.32 bits per heavy atom. The molecule has 0 saturated heterocycles. The number of non-ortho nitro benzene ring substituents is 1. The maximum Gasteiger partial charge on any atom is 0.338 e. The molecule has 0 radical (unpaired) electrons. The highest BCUT2D eigenvalue weighted by Crippen LogP contribution is 2.19. The molecule has 146 valence electrons. The monoisotopic (exact) mass is 390 g/mol. The van der Waals surface area contributed by atoms with E-state index in [-0.39, 0.29) is 16.8 Å². The number of methoxy groups -OCH3 is 1. The lowest BCUT2D eigenvalue weighted by Crippen LogP contribution is -2.21. The third-order valence-corrected chi connectivity index (χ3v) is 3.58. The van der Waals surface area contributed by atoms with Crippen molar-refractivity contribution in [3.8, 4) is 0 Å². The van der Waals surface area contributed by atoms with Crippen LogP contribution in [0.2, 0.25) is 0 Å². The highest BCUT2D eigenvalue weighted by molar-refractivity contribution is 5.98. The number of ether oxygens (including phenoxy) is 2. The van der Waals surface area contributed by atoms with Crippen molar-refractivity contribution in [2.75, 3.05) is 19.0 Å². The molecule has 9 nitrogen and oxygen atoms in total. The van der Waals surface area contributed by atoms with E-state index in [1.807, 2.05) is 0 Å². The van der Waals surface area contributed by atoms with Crippen LogP contribution in [-0.4, -0.2) is 36.5 Å². The summed E-state index contributed by atoms with van der Waals surface area (Å²) in [5, 5.41) is 13.3. The van der Waals surface area contributed by atoms with Gasteiger partial charge in [-0.15, -0.1) is 0 Å². The number of nitro benzene ring substituents is 1. The van der Waals surface area contributed by atoms with Crippen LogP contribution in [-0.2, 0) is 14.3 Å². The molecule has 1 N–H and O–H groups in total. The fourth-order valence-electron chi connectivity index (χ4n) is 2.15. The number of esters is 2. The SMILES string of the molecule is COC(=O)c1cc(C(=O)OCC(=O)Nc2ccc(C)c(F)c2)cc([N+](=O)[O-])c1. The van der Waals surface area contributed by atoms with Gasteiger partial charge < -0.3 is 14.8 Å². The summed E-state index contributed by atoms with van der Waals surface area (Å²) in [6.07, 6.45) is 0. The number of anilines is 1. The molecule has 0 bridgehead atoms. The molecule has 0 atom stereocenters. The van der Waals surface area contributed by atoms with Crippen LogP contribution in [0.15, 0.2) is 36.4 Å². The lowest BCUT2D eigenvalue weighted by atomic mass is 10.1. The number of carbonyl (C=O) groups excluding carboxylic acids is 3. The van der Waals surface area contributed by atoms with E-state index in [2.05, 4.69) is 10.1 Å². The topological polar surface area (TPSA) is 125 Å². The van der Waals surface area contributed by atoms with Crippen LogP contribution >= 0.6 is 0 Å². The predicted octanol–water partition coefficient (Wildman–Crippen LogP) is 2.62. The number of nitro groups is 1. The van der Waals surface area contributed by atoms with Gasteiger partial charge in [-0.3, -0.25) is 14.9 Å². The first-order chi connectivity index (χ1) is 13.2.